The number of pyridine rings is 1. The molecule has 5 rings (SSSR count). The van der Waals surface area contributed by atoms with Crippen LogP contribution in [0.15, 0.2) is 66.9 Å². The van der Waals surface area contributed by atoms with Gasteiger partial charge in [0.25, 0.3) is 0 Å². The second kappa shape index (κ2) is 7.55. The third-order valence-corrected chi connectivity index (χ3v) is 6.06. The summed E-state index contributed by atoms with van der Waals surface area (Å²) in [5.41, 5.74) is 8.84. The molecule has 31 heavy (non-hydrogen) atoms. The van der Waals surface area contributed by atoms with Crippen LogP contribution >= 0.6 is 0 Å². The monoisotopic (exact) mass is 407 g/mol. The maximum Gasteiger partial charge on any atom is 0.119 e. The Bertz CT molecular complexity index is 1430. The van der Waals surface area contributed by atoms with Gasteiger partial charge in [0.1, 0.15) is 11.4 Å². The fraction of sp³-hybridized carbons (Fsp3) is 0.185. The summed E-state index contributed by atoms with van der Waals surface area (Å²) in [4.78, 5) is 4.77. The van der Waals surface area contributed by atoms with Crippen LogP contribution in [0.1, 0.15) is 23.6 Å². The highest BCUT2D eigenvalue weighted by Gasteiger charge is 2.18. The zero-order chi connectivity index (χ0) is 21.5. The molecular weight excluding hydrogens is 382 g/mol. The van der Waals surface area contributed by atoms with Crippen molar-refractivity contribution in [2.24, 2.45) is 0 Å². The summed E-state index contributed by atoms with van der Waals surface area (Å²) in [5.74, 6) is 0.813. The molecule has 5 aromatic rings. The van der Waals surface area contributed by atoms with Crippen molar-refractivity contribution in [3.05, 3.63) is 83.6 Å². The minimum Gasteiger partial charge on any atom is -0.497 e. The van der Waals surface area contributed by atoms with Crippen molar-refractivity contribution in [2.45, 2.75) is 27.2 Å². The minimum atomic E-state index is 0.813. The van der Waals surface area contributed by atoms with Crippen LogP contribution in [0.3, 0.4) is 0 Å². The summed E-state index contributed by atoms with van der Waals surface area (Å²) in [6.45, 7) is 6.45. The summed E-state index contributed by atoms with van der Waals surface area (Å²) in [6, 6.07) is 21.1. The summed E-state index contributed by atoms with van der Waals surface area (Å²) in [5, 5.41) is 7.26. The molecule has 0 spiro atoms. The zero-order valence-electron chi connectivity index (χ0n) is 18.3. The molecule has 0 amide bonds. The van der Waals surface area contributed by atoms with Gasteiger partial charge in [-0.2, -0.15) is 5.10 Å². The van der Waals surface area contributed by atoms with Gasteiger partial charge >= 0.3 is 0 Å². The van der Waals surface area contributed by atoms with E-state index in [2.05, 4.69) is 67.9 Å². The number of benzene rings is 3. The van der Waals surface area contributed by atoms with E-state index in [0.717, 1.165) is 50.9 Å². The SMILES string of the molecule is CCc1ccc2ncc3c(-c4cccc(OC)c4)nn(-c4ccc(C)c(C)c4)c3c2c1. The van der Waals surface area contributed by atoms with Gasteiger partial charge in [-0.1, -0.05) is 31.2 Å². The maximum atomic E-state index is 5.46. The molecular formula is C27H25N3O. The van der Waals surface area contributed by atoms with Crippen molar-refractivity contribution < 1.29 is 4.74 Å². The van der Waals surface area contributed by atoms with E-state index in [1.165, 1.54) is 16.7 Å². The first-order valence-corrected chi connectivity index (χ1v) is 10.6. The highest BCUT2D eigenvalue weighted by Crippen LogP contribution is 2.35. The molecule has 2 aromatic heterocycles. The molecule has 0 saturated heterocycles. The van der Waals surface area contributed by atoms with Crippen LogP contribution in [0.2, 0.25) is 0 Å². The van der Waals surface area contributed by atoms with Gasteiger partial charge in [0.2, 0.25) is 0 Å². The van der Waals surface area contributed by atoms with E-state index >= 15 is 0 Å². The number of fused-ring (bicyclic) bond motifs is 3. The number of aryl methyl sites for hydroxylation is 3. The Morgan fingerprint density at radius 2 is 1.77 bits per heavy atom. The van der Waals surface area contributed by atoms with E-state index in [0.29, 0.717) is 0 Å². The lowest BCUT2D eigenvalue weighted by atomic mass is 10.0. The molecule has 2 heterocycles. The summed E-state index contributed by atoms with van der Waals surface area (Å²) in [7, 11) is 1.69. The Labute approximate surface area is 182 Å². The second-order valence-electron chi connectivity index (χ2n) is 7.99. The van der Waals surface area contributed by atoms with Crippen LogP contribution < -0.4 is 4.74 Å². The molecule has 0 bridgehead atoms. The lowest BCUT2D eigenvalue weighted by molar-refractivity contribution is 0.415. The van der Waals surface area contributed by atoms with Crippen molar-refractivity contribution in [3.63, 3.8) is 0 Å². The highest BCUT2D eigenvalue weighted by molar-refractivity contribution is 6.09. The van der Waals surface area contributed by atoms with Crippen molar-refractivity contribution >= 4 is 21.8 Å². The third-order valence-electron chi connectivity index (χ3n) is 6.06. The van der Waals surface area contributed by atoms with Gasteiger partial charge in [-0.25, -0.2) is 4.68 Å². The molecule has 3 aromatic carbocycles. The quantitative estimate of drug-likeness (QED) is 0.345. The molecule has 0 aliphatic carbocycles. The van der Waals surface area contributed by atoms with E-state index in [1.54, 1.807) is 7.11 Å². The Kier molecular flexibility index (Phi) is 4.70. The van der Waals surface area contributed by atoms with Gasteiger partial charge in [0.15, 0.2) is 0 Å². The predicted molar refractivity (Wildman–Crippen MR) is 127 cm³/mol. The van der Waals surface area contributed by atoms with E-state index in [9.17, 15) is 0 Å². The number of rotatable bonds is 4. The van der Waals surface area contributed by atoms with E-state index in [-0.39, 0.29) is 0 Å². The molecule has 0 saturated carbocycles. The number of hydrogen-bond acceptors (Lipinski definition) is 3. The van der Waals surface area contributed by atoms with Crippen LogP contribution in [0.5, 0.6) is 5.75 Å². The number of ether oxygens (including phenoxy) is 1. The topological polar surface area (TPSA) is 39.9 Å². The van der Waals surface area contributed by atoms with Crippen LogP contribution in [0, 0.1) is 13.8 Å². The summed E-state index contributed by atoms with van der Waals surface area (Å²) >= 11 is 0. The molecule has 4 heteroatoms. The van der Waals surface area contributed by atoms with E-state index in [4.69, 9.17) is 14.8 Å². The number of methoxy groups -OCH3 is 1. The van der Waals surface area contributed by atoms with Crippen molar-refractivity contribution in [1.29, 1.82) is 0 Å². The van der Waals surface area contributed by atoms with Gasteiger partial charge < -0.3 is 4.74 Å². The number of nitrogens with zero attached hydrogens (tertiary/aromatic N) is 3. The van der Waals surface area contributed by atoms with E-state index < -0.39 is 0 Å². The van der Waals surface area contributed by atoms with Gasteiger partial charge in [-0.15, -0.1) is 0 Å². The minimum absolute atomic E-state index is 0.813. The maximum absolute atomic E-state index is 5.46. The van der Waals surface area contributed by atoms with Gasteiger partial charge in [-0.05, 0) is 73.4 Å². The molecule has 154 valence electrons. The normalized spacial score (nSPS) is 11.4. The fourth-order valence-electron chi connectivity index (χ4n) is 4.08. The Balaban J connectivity index is 1.89. The van der Waals surface area contributed by atoms with Crippen LogP contribution in [0.25, 0.3) is 38.8 Å². The van der Waals surface area contributed by atoms with Crippen LogP contribution in [0.4, 0.5) is 0 Å². The average Bonchev–Trinajstić information content (AvgIpc) is 3.20. The van der Waals surface area contributed by atoms with Gasteiger partial charge in [-0.3, -0.25) is 4.98 Å². The Morgan fingerprint density at radius 1 is 0.903 bits per heavy atom. The molecule has 0 radical (unpaired) electrons. The van der Waals surface area contributed by atoms with Crippen LogP contribution in [-0.4, -0.2) is 21.9 Å². The average molecular weight is 408 g/mol. The standard InChI is InChI=1S/C27H25N3O/c1-5-19-10-12-25-23(14-19)27-24(16-28-25)26(20-7-6-8-22(15-20)31-4)29-30(27)21-11-9-17(2)18(3)13-21/h6-16H,5H2,1-4H3. The molecule has 0 unspecified atom stereocenters. The molecule has 0 fully saturated rings. The first-order chi connectivity index (χ1) is 15.1. The van der Waals surface area contributed by atoms with E-state index in [1.807, 2.05) is 24.4 Å². The second-order valence-corrected chi connectivity index (χ2v) is 7.99. The molecule has 4 nitrogen and oxygen atoms in total. The first kappa shape index (κ1) is 19.3. The lowest BCUT2D eigenvalue weighted by Gasteiger charge is -2.09. The highest BCUT2D eigenvalue weighted by atomic mass is 16.5. The molecule has 0 aliphatic rings. The molecule has 0 N–H and O–H groups in total. The Hall–Kier alpha value is -3.66. The van der Waals surface area contributed by atoms with Crippen molar-refractivity contribution in [1.82, 2.24) is 14.8 Å². The largest absolute Gasteiger partial charge is 0.497 e. The summed E-state index contributed by atoms with van der Waals surface area (Å²) in [6.07, 6.45) is 2.93. The van der Waals surface area contributed by atoms with Crippen molar-refractivity contribution in [3.8, 4) is 22.7 Å². The zero-order valence-corrected chi connectivity index (χ0v) is 18.3. The third kappa shape index (κ3) is 3.25. The number of aromatic nitrogens is 3. The molecule has 0 aliphatic heterocycles. The fourth-order valence-corrected chi connectivity index (χ4v) is 4.08. The first-order valence-electron chi connectivity index (χ1n) is 10.6. The van der Waals surface area contributed by atoms with Crippen molar-refractivity contribution in [2.75, 3.05) is 7.11 Å². The molecule has 0 atom stereocenters. The van der Waals surface area contributed by atoms with Crippen LogP contribution in [-0.2, 0) is 6.42 Å². The Morgan fingerprint density at radius 3 is 2.55 bits per heavy atom. The number of hydrogen-bond donors (Lipinski definition) is 0. The summed E-state index contributed by atoms with van der Waals surface area (Å²) < 4.78 is 7.53. The van der Waals surface area contributed by atoms with Gasteiger partial charge in [0, 0.05) is 22.5 Å². The lowest BCUT2D eigenvalue weighted by Crippen LogP contribution is -1.99. The smallest absolute Gasteiger partial charge is 0.119 e. The predicted octanol–water partition coefficient (Wildman–Crippen LogP) is 6.43. The van der Waals surface area contributed by atoms with Gasteiger partial charge in [0.05, 0.1) is 23.8 Å².